The first-order valence-corrected chi connectivity index (χ1v) is 9.85. The van der Waals surface area contributed by atoms with Crippen molar-refractivity contribution in [3.63, 3.8) is 0 Å². The summed E-state index contributed by atoms with van der Waals surface area (Å²) in [6.45, 7) is 0. The SMILES string of the molecule is COc1ccc(Oc2ncc(-c3ccc(C(=O)Nc4ccccc4OC)cc3)cn2)cc1. The molecule has 7 nitrogen and oxygen atoms in total. The van der Waals surface area contributed by atoms with Gasteiger partial charge in [0, 0.05) is 23.5 Å². The number of methoxy groups -OCH3 is 2. The maximum atomic E-state index is 12.6. The second-order valence-corrected chi connectivity index (χ2v) is 6.76. The van der Waals surface area contributed by atoms with Gasteiger partial charge in [0.2, 0.25) is 0 Å². The summed E-state index contributed by atoms with van der Waals surface area (Å²) in [5.74, 6) is 1.74. The Balaban J connectivity index is 1.42. The van der Waals surface area contributed by atoms with E-state index in [1.165, 1.54) is 0 Å². The van der Waals surface area contributed by atoms with Crippen LogP contribution in [-0.4, -0.2) is 30.1 Å². The number of para-hydroxylation sites is 2. The molecule has 4 rings (SSSR count). The zero-order valence-corrected chi connectivity index (χ0v) is 17.6. The molecular weight excluding hydrogens is 406 g/mol. The number of anilines is 1. The monoisotopic (exact) mass is 427 g/mol. The molecule has 0 saturated heterocycles. The largest absolute Gasteiger partial charge is 0.497 e. The molecular formula is C25H21N3O4. The predicted molar refractivity (Wildman–Crippen MR) is 121 cm³/mol. The highest BCUT2D eigenvalue weighted by molar-refractivity contribution is 6.05. The average molecular weight is 427 g/mol. The molecule has 4 aromatic rings. The third-order valence-electron chi connectivity index (χ3n) is 4.73. The van der Waals surface area contributed by atoms with Crippen LogP contribution in [0.3, 0.4) is 0 Å². The number of ether oxygens (including phenoxy) is 3. The van der Waals surface area contributed by atoms with E-state index in [1.807, 2.05) is 24.3 Å². The summed E-state index contributed by atoms with van der Waals surface area (Å²) in [5, 5.41) is 2.86. The number of carbonyl (C=O) groups is 1. The average Bonchev–Trinajstić information content (AvgIpc) is 2.85. The Morgan fingerprint density at radius 1 is 0.750 bits per heavy atom. The Labute approximate surface area is 185 Å². The Bertz CT molecular complexity index is 1190. The standard InChI is InChI=1S/C25H21N3O4/c1-30-20-11-13-21(14-12-20)32-25-26-15-19(16-27-25)17-7-9-18(10-8-17)24(29)28-22-5-3-4-6-23(22)31-2/h3-16H,1-2H3,(H,28,29). The van der Waals surface area contributed by atoms with Crippen LogP contribution < -0.4 is 19.5 Å². The number of hydrogen-bond donors (Lipinski definition) is 1. The van der Waals surface area contributed by atoms with Crippen LogP contribution in [0.4, 0.5) is 5.69 Å². The van der Waals surface area contributed by atoms with E-state index in [4.69, 9.17) is 14.2 Å². The molecule has 0 radical (unpaired) electrons. The fraction of sp³-hybridized carbons (Fsp3) is 0.0800. The van der Waals surface area contributed by atoms with E-state index < -0.39 is 0 Å². The third-order valence-corrected chi connectivity index (χ3v) is 4.73. The molecule has 160 valence electrons. The maximum absolute atomic E-state index is 12.6. The summed E-state index contributed by atoms with van der Waals surface area (Å²) in [5.41, 5.74) is 2.84. The van der Waals surface area contributed by atoms with Gasteiger partial charge in [0.05, 0.1) is 19.9 Å². The highest BCUT2D eigenvalue weighted by Crippen LogP contribution is 2.25. The molecule has 0 aliphatic heterocycles. The Morgan fingerprint density at radius 2 is 1.41 bits per heavy atom. The molecule has 0 aliphatic carbocycles. The van der Waals surface area contributed by atoms with Crippen LogP contribution in [0.15, 0.2) is 85.2 Å². The predicted octanol–water partition coefficient (Wildman–Crippen LogP) is 5.21. The molecule has 7 heteroatoms. The van der Waals surface area contributed by atoms with Crippen molar-refractivity contribution >= 4 is 11.6 Å². The van der Waals surface area contributed by atoms with Crippen LogP contribution in [0.2, 0.25) is 0 Å². The van der Waals surface area contributed by atoms with Crippen molar-refractivity contribution in [2.24, 2.45) is 0 Å². The number of rotatable bonds is 7. The van der Waals surface area contributed by atoms with Gasteiger partial charge in [-0.2, -0.15) is 0 Å². The van der Waals surface area contributed by atoms with Crippen LogP contribution in [0.25, 0.3) is 11.1 Å². The summed E-state index contributed by atoms with van der Waals surface area (Å²) in [7, 11) is 3.17. The fourth-order valence-corrected chi connectivity index (χ4v) is 3.02. The van der Waals surface area contributed by atoms with Gasteiger partial charge in [0.1, 0.15) is 17.2 Å². The van der Waals surface area contributed by atoms with E-state index in [-0.39, 0.29) is 11.9 Å². The van der Waals surface area contributed by atoms with Crippen molar-refractivity contribution in [1.82, 2.24) is 9.97 Å². The van der Waals surface area contributed by atoms with E-state index in [1.54, 1.807) is 75.1 Å². The molecule has 3 aromatic carbocycles. The molecule has 32 heavy (non-hydrogen) atoms. The van der Waals surface area contributed by atoms with Crippen molar-refractivity contribution in [3.8, 4) is 34.4 Å². The summed E-state index contributed by atoms with van der Waals surface area (Å²) < 4.78 is 16.1. The van der Waals surface area contributed by atoms with Crippen LogP contribution >= 0.6 is 0 Å². The number of amides is 1. The lowest BCUT2D eigenvalue weighted by atomic mass is 10.1. The molecule has 0 aliphatic rings. The highest BCUT2D eigenvalue weighted by Gasteiger charge is 2.10. The molecule has 0 atom stereocenters. The molecule has 0 unspecified atom stereocenters. The van der Waals surface area contributed by atoms with E-state index >= 15 is 0 Å². The van der Waals surface area contributed by atoms with E-state index in [0.717, 1.165) is 16.9 Å². The first-order valence-electron chi connectivity index (χ1n) is 9.85. The zero-order valence-electron chi connectivity index (χ0n) is 17.6. The summed E-state index contributed by atoms with van der Waals surface area (Å²) >= 11 is 0. The Hall–Kier alpha value is -4.39. The lowest BCUT2D eigenvalue weighted by Crippen LogP contribution is -2.12. The minimum atomic E-state index is -0.222. The van der Waals surface area contributed by atoms with Crippen LogP contribution in [0, 0.1) is 0 Å². The van der Waals surface area contributed by atoms with Gasteiger partial charge < -0.3 is 19.5 Å². The molecule has 0 bridgehead atoms. The third kappa shape index (κ3) is 4.84. The summed E-state index contributed by atoms with van der Waals surface area (Å²) in [6, 6.07) is 21.9. The van der Waals surface area contributed by atoms with Gasteiger partial charge in [-0.15, -0.1) is 0 Å². The van der Waals surface area contributed by atoms with Gasteiger partial charge in [-0.25, -0.2) is 9.97 Å². The molecule has 1 heterocycles. The van der Waals surface area contributed by atoms with Crippen molar-refractivity contribution in [2.45, 2.75) is 0 Å². The molecule has 0 spiro atoms. The van der Waals surface area contributed by atoms with Gasteiger partial charge in [-0.05, 0) is 54.1 Å². The van der Waals surface area contributed by atoms with Gasteiger partial charge in [0.15, 0.2) is 0 Å². The number of nitrogens with one attached hydrogen (secondary N) is 1. The van der Waals surface area contributed by atoms with Crippen LogP contribution in [-0.2, 0) is 0 Å². The smallest absolute Gasteiger partial charge is 0.321 e. The number of carbonyl (C=O) groups excluding carboxylic acids is 1. The number of benzene rings is 3. The second-order valence-electron chi connectivity index (χ2n) is 6.76. The Kier molecular flexibility index (Phi) is 6.27. The molecule has 1 amide bonds. The lowest BCUT2D eigenvalue weighted by molar-refractivity contribution is 0.102. The van der Waals surface area contributed by atoms with Gasteiger partial charge in [0.25, 0.3) is 5.91 Å². The van der Waals surface area contributed by atoms with Crippen molar-refractivity contribution in [1.29, 1.82) is 0 Å². The molecule has 0 saturated carbocycles. The van der Waals surface area contributed by atoms with Gasteiger partial charge in [-0.3, -0.25) is 4.79 Å². The lowest BCUT2D eigenvalue weighted by Gasteiger charge is -2.10. The second kappa shape index (κ2) is 9.61. The van der Waals surface area contributed by atoms with Crippen molar-refractivity contribution in [2.75, 3.05) is 19.5 Å². The van der Waals surface area contributed by atoms with Gasteiger partial charge >= 0.3 is 6.01 Å². The minimum absolute atomic E-state index is 0.222. The van der Waals surface area contributed by atoms with Crippen LogP contribution in [0.1, 0.15) is 10.4 Å². The first-order chi connectivity index (χ1) is 15.7. The number of aromatic nitrogens is 2. The minimum Gasteiger partial charge on any atom is -0.497 e. The Morgan fingerprint density at radius 3 is 2.06 bits per heavy atom. The van der Waals surface area contributed by atoms with Gasteiger partial charge in [-0.1, -0.05) is 24.3 Å². The van der Waals surface area contributed by atoms with Crippen molar-refractivity contribution in [3.05, 3.63) is 90.8 Å². The number of hydrogen-bond acceptors (Lipinski definition) is 6. The summed E-state index contributed by atoms with van der Waals surface area (Å²) in [4.78, 5) is 21.1. The van der Waals surface area contributed by atoms with E-state index in [2.05, 4.69) is 15.3 Å². The fourth-order valence-electron chi connectivity index (χ4n) is 3.02. The zero-order chi connectivity index (χ0) is 22.3. The van der Waals surface area contributed by atoms with Crippen LogP contribution in [0.5, 0.6) is 23.3 Å². The topological polar surface area (TPSA) is 82.6 Å². The number of nitrogens with zero attached hydrogens (tertiary/aromatic N) is 2. The summed E-state index contributed by atoms with van der Waals surface area (Å²) in [6.07, 6.45) is 3.35. The quantitative estimate of drug-likeness (QED) is 0.436. The highest BCUT2D eigenvalue weighted by atomic mass is 16.5. The van der Waals surface area contributed by atoms with E-state index in [9.17, 15) is 4.79 Å². The maximum Gasteiger partial charge on any atom is 0.321 e. The molecule has 1 N–H and O–H groups in total. The normalized spacial score (nSPS) is 10.3. The molecule has 0 fully saturated rings. The van der Waals surface area contributed by atoms with E-state index in [0.29, 0.717) is 22.7 Å². The van der Waals surface area contributed by atoms with Crippen molar-refractivity contribution < 1.29 is 19.0 Å². The first kappa shape index (κ1) is 20.9. The molecule has 1 aromatic heterocycles.